The second-order valence-electron chi connectivity index (χ2n) is 10.4. The van der Waals surface area contributed by atoms with Crippen molar-refractivity contribution >= 4 is 11.8 Å². The molecule has 0 aromatic carbocycles. The van der Waals surface area contributed by atoms with Crippen LogP contribution in [-0.4, -0.2) is 41.3 Å². The minimum atomic E-state index is -0.730. The first-order valence-corrected chi connectivity index (χ1v) is 10.9. The SMILES string of the molecule is CC(=O)OCC(=O)[C@]12O[C@H]1C[C@@H]1[C@H]3CC=C4C[C@@H](O)CC[C@]4(C)[C@@H]3CC[C@@]12C. The monoisotopic (exact) mass is 388 g/mol. The van der Waals surface area contributed by atoms with Gasteiger partial charge in [-0.2, -0.15) is 0 Å². The van der Waals surface area contributed by atoms with Crippen molar-refractivity contribution in [2.24, 2.45) is 28.6 Å². The number of carbonyl (C=O) groups is 2. The predicted molar refractivity (Wildman–Crippen MR) is 102 cm³/mol. The molecule has 0 spiro atoms. The van der Waals surface area contributed by atoms with Crippen LogP contribution in [0.15, 0.2) is 11.6 Å². The highest BCUT2D eigenvalue weighted by Crippen LogP contribution is 2.73. The molecule has 4 fully saturated rings. The van der Waals surface area contributed by atoms with E-state index in [-0.39, 0.29) is 35.4 Å². The van der Waals surface area contributed by atoms with Gasteiger partial charge in [-0.15, -0.1) is 0 Å². The summed E-state index contributed by atoms with van der Waals surface area (Å²) < 4.78 is 11.1. The smallest absolute Gasteiger partial charge is 0.303 e. The maximum Gasteiger partial charge on any atom is 0.303 e. The first-order valence-electron chi connectivity index (χ1n) is 10.9. The van der Waals surface area contributed by atoms with Crippen LogP contribution < -0.4 is 0 Å². The fourth-order valence-electron chi connectivity index (χ4n) is 7.83. The van der Waals surface area contributed by atoms with Crippen LogP contribution in [0.1, 0.15) is 65.7 Å². The molecular weight excluding hydrogens is 356 g/mol. The van der Waals surface area contributed by atoms with Gasteiger partial charge >= 0.3 is 5.97 Å². The molecule has 0 radical (unpaired) electrons. The molecule has 8 atom stereocenters. The van der Waals surface area contributed by atoms with Crippen molar-refractivity contribution in [3.8, 4) is 0 Å². The summed E-state index contributed by atoms with van der Waals surface area (Å²) in [5, 5.41) is 10.1. The lowest BCUT2D eigenvalue weighted by atomic mass is 9.47. The Balaban J connectivity index is 1.42. The van der Waals surface area contributed by atoms with Crippen molar-refractivity contribution in [1.82, 2.24) is 0 Å². The summed E-state index contributed by atoms with van der Waals surface area (Å²) in [5.41, 5.74) is 0.778. The van der Waals surface area contributed by atoms with E-state index in [0.29, 0.717) is 17.8 Å². The summed E-state index contributed by atoms with van der Waals surface area (Å²) in [7, 11) is 0. The van der Waals surface area contributed by atoms with Crippen LogP contribution in [0.2, 0.25) is 0 Å². The normalized spacial score (nSPS) is 51.1. The number of aliphatic hydroxyl groups excluding tert-OH is 1. The van der Waals surface area contributed by atoms with E-state index in [2.05, 4.69) is 19.9 Å². The number of fused-ring (bicyclic) bond motifs is 7. The fraction of sp³-hybridized carbons (Fsp3) is 0.826. The van der Waals surface area contributed by atoms with E-state index in [4.69, 9.17) is 9.47 Å². The Bertz CT molecular complexity index is 758. The highest BCUT2D eigenvalue weighted by molar-refractivity contribution is 5.94. The number of hydrogen-bond donors (Lipinski definition) is 1. The van der Waals surface area contributed by atoms with Crippen LogP contribution in [0, 0.1) is 28.6 Å². The average Bonchev–Trinajstić information content (AvgIpc) is 3.32. The van der Waals surface area contributed by atoms with Crippen molar-refractivity contribution < 1.29 is 24.2 Å². The zero-order chi connectivity index (χ0) is 19.9. The second-order valence-corrected chi connectivity index (χ2v) is 10.4. The molecule has 1 heterocycles. The van der Waals surface area contributed by atoms with Gasteiger partial charge in [0.2, 0.25) is 5.78 Å². The Morgan fingerprint density at radius 3 is 2.79 bits per heavy atom. The highest BCUT2D eigenvalue weighted by Gasteiger charge is 2.80. The number of hydrogen-bond acceptors (Lipinski definition) is 5. The Morgan fingerprint density at radius 1 is 1.25 bits per heavy atom. The molecule has 5 rings (SSSR count). The summed E-state index contributed by atoms with van der Waals surface area (Å²) in [4.78, 5) is 24.2. The summed E-state index contributed by atoms with van der Waals surface area (Å²) in [5.74, 6) is 1.24. The molecule has 5 aliphatic rings. The number of ketones is 1. The van der Waals surface area contributed by atoms with E-state index in [9.17, 15) is 14.7 Å². The molecule has 5 heteroatoms. The largest absolute Gasteiger partial charge is 0.458 e. The number of aliphatic hydroxyl groups is 1. The minimum absolute atomic E-state index is 0.00401. The lowest BCUT2D eigenvalue weighted by Gasteiger charge is -2.58. The van der Waals surface area contributed by atoms with E-state index in [1.807, 2.05) is 0 Å². The van der Waals surface area contributed by atoms with Gasteiger partial charge in [0.1, 0.15) is 0 Å². The lowest BCUT2D eigenvalue weighted by molar-refractivity contribution is -0.152. The molecule has 0 unspecified atom stereocenters. The quantitative estimate of drug-likeness (QED) is 0.456. The van der Waals surface area contributed by atoms with Crippen molar-refractivity contribution in [3.05, 3.63) is 11.6 Å². The van der Waals surface area contributed by atoms with Crippen molar-refractivity contribution in [3.63, 3.8) is 0 Å². The van der Waals surface area contributed by atoms with Crippen LogP contribution in [0.4, 0.5) is 0 Å². The molecule has 1 N–H and O–H groups in total. The molecule has 0 aromatic heterocycles. The van der Waals surface area contributed by atoms with Crippen LogP contribution in [0.3, 0.4) is 0 Å². The number of Topliss-reactive ketones (excluding diaryl/α,β-unsaturated/α-hetero) is 1. The first kappa shape index (κ1) is 18.8. The molecule has 1 saturated heterocycles. The van der Waals surface area contributed by atoms with E-state index < -0.39 is 11.6 Å². The van der Waals surface area contributed by atoms with E-state index in [0.717, 1.165) is 44.9 Å². The number of epoxide rings is 1. The van der Waals surface area contributed by atoms with E-state index in [1.54, 1.807) is 0 Å². The van der Waals surface area contributed by atoms with Crippen LogP contribution in [0.25, 0.3) is 0 Å². The number of carbonyl (C=O) groups excluding carboxylic acids is 2. The third-order valence-electron chi connectivity index (χ3n) is 9.33. The summed E-state index contributed by atoms with van der Waals surface area (Å²) in [6.07, 6.45) is 9.14. The van der Waals surface area contributed by atoms with Gasteiger partial charge in [-0.05, 0) is 68.1 Å². The number of ether oxygens (including phenoxy) is 2. The Hall–Kier alpha value is -1.20. The van der Waals surface area contributed by atoms with E-state index >= 15 is 0 Å². The number of rotatable bonds is 3. The molecule has 28 heavy (non-hydrogen) atoms. The molecule has 5 nitrogen and oxygen atoms in total. The zero-order valence-corrected chi connectivity index (χ0v) is 17.2. The van der Waals surface area contributed by atoms with Gasteiger partial charge in [0.25, 0.3) is 0 Å². The second kappa shape index (κ2) is 5.91. The topological polar surface area (TPSA) is 76.1 Å². The number of esters is 1. The fourth-order valence-corrected chi connectivity index (χ4v) is 7.83. The van der Waals surface area contributed by atoms with Crippen LogP contribution in [0.5, 0.6) is 0 Å². The molecule has 3 saturated carbocycles. The molecule has 0 amide bonds. The maximum atomic E-state index is 13.0. The first-order chi connectivity index (χ1) is 13.2. The molecule has 4 aliphatic carbocycles. The summed E-state index contributed by atoms with van der Waals surface area (Å²) in [6, 6.07) is 0. The van der Waals surface area contributed by atoms with Crippen LogP contribution >= 0.6 is 0 Å². The predicted octanol–water partition coefficient (Wildman–Crippen LogP) is 3.19. The lowest BCUT2D eigenvalue weighted by Crippen LogP contribution is -2.55. The van der Waals surface area contributed by atoms with Gasteiger partial charge in [0.05, 0.1) is 12.2 Å². The van der Waals surface area contributed by atoms with Gasteiger partial charge in [-0.25, -0.2) is 0 Å². The molecule has 0 bridgehead atoms. The van der Waals surface area contributed by atoms with E-state index in [1.165, 1.54) is 12.5 Å². The van der Waals surface area contributed by atoms with Crippen molar-refractivity contribution in [2.45, 2.75) is 83.5 Å². The van der Waals surface area contributed by atoms with Gasteiger partial charge in [0, 0.05) is 12.3 Å². The molecular formula is C23H32O5. The van der Waals surface area contributed by atoms with Crippen molar-refractivity contribution in [1.29, 1.82) is 0 Å². The van der Waals surface area contributed by atoms with Gasteiger partial charge < -0.3 is 14.6 Å². The van der Waals surface area contributed by atoms with Crippen molar-refractivity contribution in [2.75, 3.05) is 6.61 Å². The summed E-state index contributed by atoms with van der Waals surface area (Å²) in [6.45, 7) is 5.84. The third-order valence-corrected chi connectivity index (χ3v) is 9.33. The third kappa shape index (κ3) is 2.26. The Morgan fingerprint density at radius 2 is 2.04 bits per heavy atom. The van der Waals surface area contributed by atoms with Gasteiger partial charge in [-0.1, -0.05) is 25.5 Å². The summed E-state index contributed by atoms with van der Waals surface area (Å²) >= 11 is 0. The van der Waals surface area contributed by atoms with Gasteiger partial charge in [-0.3, -0.25) is 9.59 Å². The van der Waals surface area contributed by atoms with Gasteiger partial charge in [0.15, 0.2) is 12.2 Å². The molecule has 1 aliphatic heterocycles. The number of allylic oxidation sites excluding steroid dienone is 1. The Labute approximate surface area is 166 Å². The highest BCUT2D eigenvalue weighted by atomic mass is 16.6. The Kier molecular flexibility index (Phi) is 3.97. The average molecular weight is 389 g/mol. The minimum Gasteiger partial charge on any atom is -0.458 e. The van der Waals surface area contributed by atoms with Crippen LogP contribution in [-0.2, 0) is 19.1 Å². The molecule has 0 aromatic rings. The molecule has 154 valence electrons. The standard InChI is InChI=1S/C23H32O5/c1-13(24)27-12-19(26)23-20(28-23)11-18-16-5-4-14-10-15(25)6-8-21(14,2)17(16)7-9-22(18,23)3/h4,15-18,20,25H,5-12H2,1-3H3/t15-,16-,17+,18+,20-,21-,22-,23-/m0/s1. The zero-order valence-electron chi connectivity index (χ0n) is 17.2. The maximum absolute atomic E-state index is 13.0.